The van der Waals surface area contributed by atoms with Crippen LogP contribution in [0.2, 0.25) is 10.0 Å². The molecule has 1 fully saturated rings. The smallest absolute Gasteiger partial charge is 0.229 e. The first-order chi connectivity index (χ1) is 14.7. The Hall–Kier alpha value is -1.88. The zero-order valence-corrected chi connectivity index (χ0v) is 19.3. The van der Waals surface area contributed by atoms with Crippen LogP contribution >= 0.6 is 23.2 Å². The number of likely N-dealkylation sites (tertiary alicyclic amines) is 1. The predicted octanol–water partition coefficient (Wildman–Crippen LogP) is 6.54. The normalized spacial score (nSPS) is 24.8. The number of allylic oxidation sites excluding steroid dienone is 1. The van der Waals surface area contributed by atoms with E-state index in [4.69, 9.17) is 23.2 Å². The van der Waals surface area contributed by atoms with E-state index in [9.17, 15) is 14.3 Å². The maximum atomic E-state index is 14.3. The van der Waals surface area contributed by atoms with Crippen LogP contribution in [0.15, 0.2) is 55.1 Å². The Morgan fingerprint density at radius 3 is 2.45 bits per heavy atom. The van der Waals surface area contributed by atoms with E-state index in [1.54, 1.807) is 29.2 Å². The number of amides is 1. The zero-order valence-electron chi connectivity index (χ0n) is 17.8. The standard InChI is InChI=1S/C25H28Cl2FNO2/c1-4-10-25(3)14-22(17-11-19(27)13-20(28)12-17)23(16-6-8-18(26)9-7-16)29(24(25)31)21(5-2)15-30/h4,6-9,11-13,21-23,30H,1,5,10,14-15H2,2-3H3/t21-,22?,23?,25?/m0/s1. The number of nitrogens with zero attached hydrogens (tertiary/aromatic N) is 1. The quantitative estimate of drug-likeness (QED) is 0.473. The highest BCUT2D eigenvalue weighted by atomic mass is 35.5. The van der Waals surface area contributed by atoms with Crippen molar-refractivity contribution in [3.8, 4) is 0 Å². The van der Waals surface area contributed by atoms with Crippen LogP contribution in [0, 0.1) is 11.2 Å². The Balaban J connectivity index is 2.24. The molecule has 3 rings (SSSR count). The van der Waals surface area contributed by atoms with E-state index < -0.39 is 17.3 Å². The Labute approximate surface area is 193 Å². The largest absolute Gasteiger partial charge is 0.394 e. The fraction of sp³-hybridized carbons (Fsp3) is 0.400. The summed E-state index contributed by atoms with van der Waals surface area (Å²) in [6.07, 6.45) is 3.32. The van der Waals surface area contributed by atoms with Crippen LogP contribution in [0.4, 0.5) is 4.39 Å². The topological polar surface area (TPSA) is 40.5 Å². The van der Waals surface area contributed by atoms with Gasteiger partial charge in [-0.15, -0.1) is 6.58 Å². The van der Waals surface area contributed by atoms with Gasteiger partial charge in [-0.25, -0.2) is 4.39 Å². The van der Waals surface area contributed by atoms with E-state index in [2.05, 4.69) is 6.58 Å². The molecule has 1 amide bonds. The summed E-state index contributed by atoms with van der Waals surface area (Å²) in [4.78, 5) is 15.6. The molecular formula is C25H28Cl2FNO2. The van der Waals surface area contributed by atoms with Gasteiger partial charge < -0.3 is 10.0 Å². The van der Waals surface area contributed by atoms with Gasteiger partial charge in [0.15, 0.2) is 0 Å². The SMILES string of the molecule is C=CCC1(C)CC(c2cc(F)cc(Cl)c2)C(c2ccc(Cl)cc2)N([C@@H](CC)CO)C1=O. The van der Waals surface area contributed by atoms with E-state index in [1.807, 2.05) is 26.0 Å². The summed E-state index contributed by atoms with van der Waals surface area (Å²) in [6, 6.07) is 11.1. The number of aliphatic hydroxyl groups is 1. The lowest BCUT2D eigenvalue weighted by atomic mass is 9.67. The lowest BCUT2D eigenvalue weighted by Crippen LogP contribution is -2.56. The summed E-state index contributed by atoms with van der Waals surface area (Å²) >= 11 is 12.3. The van der Waals surface area contributed by atoms with Crippen LogP contribution < -0.4 is 0 Å². The van der Waals surface area contributed by atoms with E-state index in [-0.39, 0.29) is 24.5 Å². The van der Waals surface area contributed by atoms with Gasteiger partial charge >= 0.3 is 0 Å². The molecule has 6 heteroatoms. The molecule has 0 spiro atoms. The fourth-order valence-electron chi connectivity index (χ4n) is 4.75. The third-order valence-electron chi connectivity index (χ3n) is 6.30. The summed E-state index contributed by atoms with van der Waals surface area (Å²) in [5, 5.41) is 11.0. The molecule has 0 radical (unpaired) electrons. The molecule has 0 saturated carbocycles. The van der Waals surface area contributed by atoms with Gasteiger partial charge in [-0.05, 0) is 60.7 Å². The first-order valence-corrected chi connectivity index (χ1v) is 11.3. The fourth-order valence-corrected chi connectivity index (χ4v) is 5.11. The molecule has 1 heterocycles. The second-order valence-electron chi connectivity index (χ2n) is 8.52. The van der Waals surface area contributed by atoms with Crippen molar-refractivity contribution in [3.05, 3.63) is 82.1 Å². The van der Waals surface area contributed by atoms with Gasteiger partial charge in [-0.3, -0.25) is 4.79 Å². The molecule has 2 aromatic rings. The average Bonchev–Trinajstić information content (AvgIpc) is 2.72. The Bertz CT molecular complexity index is 925. The molecule has 31 heavy (non-hydrogen) atoms. The van der Waals surface area contributed by atoms with E-state index in [0.29, 0.717) is 29.3 Å². The number of carbonyl (C=O) groups is 1. The molecule has 0 bridgehead atoms. The molecule has 4 atom stereocenters. The van der Waals surface area contributed by atoms with Gasteiger partial charge in [0.2, 0.25) is 5.91 Å². The predicted molar refractivity (Wildman–Crippen MR) is 124 cm³/mol. The maximum Gasteiger partial charge on any atom is 0.229 e. The second kappa shape index (κ2) is 9.72. The van der Waals surface area contributed by atoms with Crippen molar-refractivity contribution in [1.82, 2.24) is 4.90 Å². The minimum absolute atomic E-state index is 0.0352. The molecule has 3 nitrogen and oxygen atoms in total. The first kappa shape index (κ1) is 23.8. The van der Waals surface area contributed by atoms with Gasteiger partial charge in [0.1, 0.15) is 5.82 Å². The molecule has 1 aliphatic heterocycles. The van der Waals surface area contributed by atoms with Gasteiger partial charge in [0.25, 0.3) is 0 Å². The molecule has 3 unspecified atom stereocenters. The Morgan fingerprint density at radius 2 is 1.90 bits per heavy atom. The van der Waals surface area contributed by atoms with Crippen molar-refractivity contribution in [2.24, 2.45) is 5.41 Å². The first-order valence-electron chi connectivity index (χ1n) is 10.5. The minimum Gasteiger partial charge on any atom is -0.394 e. The summed E-state index contributed by atoms with van der Waals surface area (Å²) < 4.78 is 14.3. The van der Waals surface area contributed by atoms with Crippen molar-refractivity contribution in [3.63, 3.8) is 0 Å². The highest BCUT2D eigenvalue weighted by Crippen LogP contribution is 2.52. The minimum atomic E-state index is -0.725. The van der Waals surface area contributed by atoms with Crippen LogP contribution in [-0.2, 0) is 4.79 Å². The monoisotopic (exact) mass is 463 g/mol. The van der Waals surface area contributed by atoms with E-state index in [0.717, 1.165) is 11.1 Å². The van der Waals surface area contributed by atoms with Crippen LogP contribution in [-0.4, -0.2) is 28.6 Å². The lowest BCUT2D eigenvalue weighted by molar-refractivity contribution is -0.156. The van der Waals surface area contributed by atoms with Gasteiger partial charge in [-0.1, -0.05) is 55.3 Å². The van der Waals surface area contributed by atoms with E-state index >= 15 is 0 Å². The Morgan fingerprint density at radius 1 is 1.23 bits per heavy atom. The number of benzene rings is 2. The average molecular weight is 464 g/mol. The number of piperidine rings is 1. The van der Waals surface area contributed by atoms with Crippen molar-refractivity contribution < 1.29 is 14.3 Å². The van der Waals surface area contributed by atoms with Crippen LogP contribution in [0.25, 0.3) is 0 Å². The third-order valence-corrected chi connectivity index (χ3v) is 6.77. The number of hydrogen-bond donors (Lipinski definition) is 1. The highest BCUT2D eigenvalue weighted by molar-refractivity contribution is 6.30. The molecule has 2 aromatic carbocycles. The third kappa shape index (κ3) is 4.82. The number of hydrogen-bond acceptors (Lipinski definition) is 2. The molecule has 1 aliphatic rings. The molecule has 1 saturated heterocycles. The molecular weight excluding hydrogens is 436 g/mol. The number of halogens is 3. The second-order valence-corrected chi connectivity index (χ2v) is 9.39. The summed E-state index contributed by atoms with van der Waals surface area (Å²) in [5.74, 6) is -0.676. The lowest BCUT2D eigenvalue weighted by Gasteiger charge is -2.51. The summed E-state index contributed by atoms with van der Waals surface area (Å²) in [7, 11) is 0. The van der Waals surface area contributed by atoms with Crippen molar-refractivity contribution in [1.29, 1.82) is 0 Å². The molecule has 0 aliphatic carbocycles. The van der Waals surface area contributed by atoms with Crippen LogP contribution in [0.1, 0.15) is 56.2 Å². The molecule has 0 aromatic heterocycles. The van der Waals surface area contributed by atoms with Crippen molar-refractivity contribution in [2.45, 2.75) is 51.1 Å². The van der Waals surface area contributed by atoms with E-state index in [1.165, 1.54) is 12.1 Å². The molecule has 166 valence electrons. The zero-order chi connectivity index (χ0) is 22.8. The highest BCUT2D eigenvalue weighted by Gasteiger charge is 2.50. The van der Waals surface area contributed by atoms with Gasteiger partial charge in [0.05, 0.1) is 24.1 Å². The van der Waals surface area contributed by atoms with Crippen LogP contribution in [0.5, 0.6) is 0 Å². The summed E-state index contributed by atoms with van der Waals surface area (Å²) in [6.45, 7) is 7.54. The van der Waals surface area contributed by atoms with Crippen molar-refractivity contribution in [2.75, 3.05) is 6.61 Å². The molecule has 1 N–H and O–H groups in total. The van der Waals surface area contributed by atoms with Crippen molar-refractivity contribution >= 4 is 29.1 Å². The number of carbonyl (C=O) groups excluding carboxylic acids is 1. The van der Waals surface area contributed by atoms with Gasteiger partial charge in [0, 0.05) is 16.0 Å². The number of rotatable bonds is 7. The maximum absolute atomic E-state index is 14.3. The number of aliphatic hydroxyl groups excluding tert-OH is 1. The van der Waals surface area contributed by atoms with Crippen LogP contribution in [0.3, 0.4) is 0 Å². The Kier molecular flexibility index (Phi) is 7.46. The van der Waals surface area contributed by atoms with Gasteiger partial charge in [-0.2, -0.15) is 0 Å². The summed E-state index contributed by atoms with van der Waals surface area (Å²) in [5.41, 5.74) is 0.887.